The summed E-state index contributed by atoms with van der Waals surface area (Å²) in [5.74, 6) is -0.101. The van der Waals surface area contributed by atoms with Crippen molar-refractivity contribution in [3.8, 4) is 11.5 Å². The summed E-state index contributed by atoms with van der Waals surface area (Å²) in [7, 11) is 3.54. The maximum Gasteiger partial charge on any atom is 0.410 e. The third-order valence-electron chi connectivity index (χ3n) is 7.62. The molecule has 6 rings (SSSR count). The molecule has 3 amide bonds. The minimum Gasteiger partial charge on any atom is -0.453 e. The molecule has 1 atom stereocenters. The lowest BCUT2D eigenvalue weighted by Crippen LogP contribution is -2.38. The number of nitrogens with zero attached hydrogens (tertiary/aromatic N) is 3. The van der Waals surface area contributed by atoms with Gasteiger partial charge in [0, 0.05) is 57.0 Å². The zero-order chi connectivity index (χ0) is 32.0. The van der Waals surface area contributed by atoms with Crippen LogP contribution in [0.25, 0.3) is 10.2 Å². The van der Waals surface area contributed by atoms with Crippen molar-refractivity contribution in [3.63, 3.8) is 0 Å². The number of hydrogen-bond donors (Lipinski definition) is 3. The number of rotatable bonds is 12. The van der Waals surface area contributed by atoms with Crippen molar-refractivity contribution in [2.75, 3.05) is 39.2 Å². The summed E-state index contributed by atoms with van der Waals surface area (Å²) in [6.07, 6.45) is 4.79. The smallest absolute Gasteiger partial charge is 0.410 e. The van der Waals surface area contributed by atoms with E-state index in [0.29, 0.717) is 36.6 Å². The van der Waals surface area contributed by atoms with Gasteiger partial charge in [0.25, 0.3) is 0 Å². The number of amides is 3. The molecule has 2 aromatic heterocycles. The Morgan fingerprint density at radius 1 is 1.13 bits per heavy atom. The largest absolute Gasteiger partial charge is 0.453 e. The van der Waals surface area contributed by atoms with Crippen molar-refractivity contribution in [1.82, 2.24) is 25.4 Å². The quantitative estimate of drug-likeness (QED) is 0.167. The van der Waals surface area contributed by atoms with Crippen LogP contribution in [0, 0.1) is 5.82 Å². The van der Waals surface area contributed by atoms with Crippen LogP contribution in [0.5, 0.6) is 11.5 Å². The average Bonchev–Trinajstić information content (AvgIpc) is 3.63. The van der Waals surface area contributed by atoms with Crippen molar-refractivity contribution in [1.29, 1.82) is 0 Å². The highest BCUT2D eigenvalue weighted by Gasteiger charge is 2.29. The van der Waals surface area contributed by atoms with Gasteiger partial charge in [-0.25, -0.2) is 14.0 Å². The first-order valence-corrected chi connectivity index (χ1v) is 15.8. The second-order valence-electron chi connectivity index (χ2n) is 11.1. The molecule has 46 heavy (non-hydrogen) atoms. The first kappa shape index (κ1) is 31.1. The molecule has 0 spiro atoms. The van der Waals surface area contributed by atoms with Gasteiger partial charge >= 0.3 is 12.1 Å². The van der Waals surface area contributed by atoms with Crippen molar-refractivity contribution >= 4 is 39.4 Å². The van der Waals surface area contributed by atoms with E-state index < -0.39 is 11.9 Å². The third kappa shape index (κ3) is 7.49. The number of thiophene rings is 1. The molecule has 1 aliphatic heterocycles. The number of pyridine rings is 1. The number of carbonyl (C=O) groups is 2. The maximum atomic E-state index is 15.0. The molecule has 4 aromatic rings. The number of likely N-dealkylation sites (N-methyl/N-ethyl adjacent to an activating group) is 1. The monoisotopic (exact) mass is 646 g/mol. The molecule has 3 heterocycles. The number of anilines is 1. The van der Waals surface area contributed by atoms with Gasteiger partial charge in [0.2, 0.25) is 0 Å². The van der Waals surface area contributed by atoms with E-state index in [1.54, 1.807) is 30.3 Å². The van der Waals surface area contributed by atoms with Crippen LogP contribution >= 0.6 is 11.3 Å². The fraction of sp³-hybridized carbons (Fsp3) is 0.303. The number of halogens is 1. The number of hydrogen-bond acceptors (Lipinski definition) is 9. The summed E-state index contributed by atoms with van der Waals surface area (Å²) < 4.78 is 32.6. The second kappa shape index (κ2) is 14.0. The van der Waals surface area contributed by atoms with E-state index in [0.717, 1.165) is 33.7 Å². The van der Waals surface area contributed by atoms with Crippen LogP contribution in [-0.4, -0.2) is 66.8 Å². The third-order valence-corrected chi connectivity index (χ3v) is 8.81. The Bertz CT molecular complexity index is 1730. The van der Waals surface area contributed by atoms with Gasteiger partial charge in [-0.1, -0.05) is 30.3 Å². The Morgan fingerprint density at radius 3 is 2.72 bits per heavy atom. The fourth-order valence-corrected chi connectivity index (χ4v) is 6.11. The topological polar surface area (TPSA) is 117 Å². The predicted molar refractivity (Wildman–Crippen MR) is 173 cm³/mol. The highest BCUT2D eigenvalue weighted by molar-refractivity contribution is 7.19. The first-order chi connectivity index (χ1) is 22.4. The van der Waals surface area contributed by atoms with Crippen LogP contribution in [0.15, 0.2) is 78.8 Å². The van der Waals surface area contributed by atoms with Crippen LogP contribution in [0.2, 0.25) is 0 Å². The van der Waals surface area contributed by atoms with E-state index in [9.17, 15) is 9.59 Å². The van der Waals surface area contributed by atoms with E-state index in [1.165, 1.54) is 23.5 Å². The molecule has 2 aliphatic rings. The molecule has 11 nitrogen and oxygen atoms in total. The minimum absolute atomic E-state index is 0.0333. The van der Waals surface area contributed by atoms with Crippen molar-refractivity contribution in [3.05, 3.63) is 95.0 Å². The first-order valence-electron chi connectivity index (χ1n) is 14.9. The number of methoxy groups -OCH3 is 1. The molecule has 1 fully saturated rings. The van der Waals surface area contributed by atoms with Gasteiger partial charge in [-0.2, -0.15) is 0 Å². The summed E-state index contributed by atoms with van der Waals surface area (Å²) in [4.78, 5) is 34.2. The molecule has 0 radical (unpaired) electrons. The molecular formula is C33H35FN6O5S. The average molecular weight is 647 g/mol. The van der Waals surface area contributed by atoms with E-state index >= 15 is 4.39 Å². The molecule has 1 aliphatic carbocycles. The zero-order valence-corrected chi connectivity index (χ0v) is 26.3. The summed E-state index contributed by atoms with van der Waals surface area (Å²) in [5, 5.41) is 8.87. The molecule has 2 aromatic carbocycles. The minimum atomic E-state index is -0.600. The van der Waals surface area contributed by atoms with Gasteiger partial charge in [0.15, 0.2) is 11.6 Å². The van der Waals surface area contributed by atoms with Gasteiger partial charge in [0.1, 0.15) is 18.5 Å². The van der Waals surface area contributed by atoms with Gasteiger partial charge < -0.3 is 40.0 Å². The van der Waals surface area contributed by atoms with Crippen LogP contribution in [0.3, 0.4) is 0 Å². The Morgan fingerprint density at radius 2 is 1.96 bits per heavy atom. The van der Waals surface area contributed by atoms with Gasteiger partial charge in [0.05, 0.1) is 33.9 Å². The lowest BCUT2D eigenvalue weighted by Gasteiger charge is -2.28. The van der Waals surface area contributed by atoms with Gasteiger partial charge in [-0.3, -0.25) is 4.98 Å². The summed E-state index contributed by atoms with van der Waals surface area (Å²) >= 11 is 1.48. The molecule has 0 bridgehead atoms. The van der Waals surface area contributed by atoms with Crippen LogP contribution < -0.4 is 20.7 Å². The zero-order valence-electron chi connectivity index (χ0n) is 25.5. The highest BCUT2D eigenvalue weighted by Crippen LogP contribution is 2.40. The van der Waals surface area contributed by atoms with Crippen molar-refractivity contribution in [2.24, 2.45) is 0 Å². The van der Waals surface area contributed by atoms with Crippen molar-refractivity contribution in [2.45, 2.75) is 31.7 Å². The Balaban J connectivity index is 1.11. The summed E-state index contributed by atoms with van der Waals surface area (Å²) in [6.45, 7) is 1.24. The molecule has 1 unspecified atom stereocenters. The standard InChI is InChI=1S/C33H35FN6O5S/c1-39-24(19-40(14-15-43-2)33(42)44-20-21-6-4-3-5-7-21)18-36-31(39)29-17-26-30(46-29)28(12-13-35-26)45-27-11-10-23(16-25(27)34)38-32(41)37-22-8-9-22/h3-7,10-13,16-18,22,31,36H,8-9,14-15,19-20H2,1-2H3,(H2,37,38,41). The van der Waals surface area contributed by atoms with Gasteiger partial charge in [-0.05, 0) is 36.6 Å². The normalized spacial score (nSPS) is 15.7. The maximum absolute atomic E-state index is 15.0. The van der Waals surface area contributed by atoms with E-state index in [1.807, 2.05) is 49.6 Å². The Kier molecular flexibility index (Phi) is 9.50. The molecule has 1 saturated carbocycles. The Labute approximate surface area is 269 Å². The highest BCUT2D eigenvalue weighted by atomic mass is 32.1. The molecule has 13 heteroatoms. The lowest BCUT2D eigenvalue weighted by molar-refractivity contribution is 0.0831. The predicted octanol–water partition coefficient (Wildman–Crippen LogP) is 6.17. The Hall–Kier alpha value is -4.88. The number of ether oxygens (including phenoxy) is 3. The summed E-state index contributed by atoms with van der Waals surface area (Å²) in [5.41, 5.74) is 2.85. The number of benzene rings is 2. The van der Waals surface area contributed by atoms with Crippen LogP contribution in [0.1, 0.15) is 29.4 Å². The number of nitrogens with one attached hydrogen (secondary N) is 3. The lowest BCUT2D eigenvalue weighted by atomic mass is 10.2. The fourth-order valence-electron chi connectivity index (χ4n) is 4.94. The second-order valence-corrected chi connectivity index (χ2v) is 12.1. The molecular weight excluding hydrogens is 611 g/mol. The van der Waals surface area contributed by atoms with E-state index in [2.05, 4.69) is 25.8 Å². The van der Waals surface area contributed by atoms with E-state index in [4.69, 9.17) is 14.2 Å². The van der Waals surface area contributed by atoms with Crippen LogP contribution in [0.4, 0.5) is 19.7 Å². The number of carbonyl (C=O) groups excluding carboxylic acids is 2. The summed E-state index contributed by atoms with van der Waals surface area (Å²) in [6, 6.07) is 17.4. The molecule has 240 valence electrons. The molecule has 3 N–H and O–H groups in total. The number of urea groups is 1. The SMILES string of the molecule is COCCN(CC1=CNC(c2cc3nccc(Oc4ccc(NC(=O)NC5CC5)cc4F)c3s2)N1C)C(=O)OCc1ccccc1. The van der Waals surface area contributed by atoms with Gasteiger partial charge in [-0.15, -0.1) is 11.3 Å². The molecule has 0 saturated heterocycles. The number of aromatic nitrogens is 1. The van der Waals surface area contributed by atoms with Crippen LogP contribution in [-0.2, 0) is 16.1 Å². The van der Waals surface area contributed by atoms with Crippen molar-refractivity contribution < 1.29 is 28.2 Å². The number of fused-ring (bicyclic) bond motifs is 1. The van der Waals surface area contributed by atoms with E-state index in [-0.39, 0.29) is 30.6 Å².